The highest BCUT2D eigenvalue weighted by molar-refractivity contribution is 9.10. The van der Waals surface area contributed by atoms with Crippen LogP contribution in [0.3, 0.4) is 0 Å². The lowest BCUT2D eigenvalue weighted by Gasteiger charge is -2.34. The molecule has 138 valence electrons. The van der Waals surface area contributed by atoms with Crippen LogP contribution in [0.5, 0.6) is 0 Å². The summed E-state index contributed by atoms with van der Waals surface area (Å²) in [6.45, 7) is 4.67. The predicted octanol–water partition coefficient (Wildman–Crippen LogP) is 2.36. The molecule has 6 nitrogen and oxygen atoms in total. The topological polar surface area (TPSA) is 65.1 Å². The Morgan fingerprint density at radius 3 is 2.80 bits per heavy atom. The standard InChI is InChI=1S/C18H24BrNO5/c1-9-14-11-6-7-13(21)20(11)8-4-5-12(14)24-16(9)18(19)15(23-3)10(2)17(22)25-18/h9,11-12,14,16H,4-8H2,1-3H3/t9-,11-,12+,14+,16?,18?/m0/s1. The van der Waals surface area contributed by atoms with Gasteiger partial charge in [-0.3, -0.25) is 4.79 Å². The maximum absolute atomic E-state index is 12.2. The molecule has 0 spiro atoms. The van der Waals surface area contributed by atoms with Gasteiger partial charge in [-0.2, -0.15) is 0 Å². The van der Waals surface area contributed by atoms with Gasteiger partial charge in [0.25, 0.3) is 0 Å². The Morgan fingerprint density at radius 2 is 2.08 bits per heavy atom. The van der Waals surface area contributed by atoms with E-state index in [1.54, 1.807) is 14.0 Å². The third-order valence-electron chi connectivity index (χ3n) is 6.31. The van der Waals surface area contributed by atoms with Gasteiger partial charge in [-0.15, -0.1) is 0 Å². The summed E-state index contributed by atoms with van der Waals surface area (Å²) in [5, 5.41) is 0. The number of hydrogen-bond acceptors (Lipinski definition) is 5. The zero-order chi connectivity index (χ0) is 17.9. The van der Waals surface area contributed by atoms with Crippen molar-refractivity contribution in [2.45, 2.75) is 62.3 Å². The van der Waals surface area contributed by atoms with Crippen LogP contribution in [-0.2, 0) is 23.8 Å². The van der Waals surface area contributed by atoms with Crippen LogP contribution in [0.4, 0.5) is 0 Å². The number of esters is 1. The molecular formula is C18H24BrNO5. The van der Waals surface area contributed by atoms with Crippen molar-refractivity contribution in [2.24, 2.45) is 11.8 Å². The Hall–Kier alpha value is -1.08. The smallest absolute Gasteiger partial charge is 0.339 e. The van der Waals surface area contributed by atoms with E-state index in [9.17, 15) is 9.59 Å². The maximum Gasteiger partial charge on any atom is 0.339 e. The summed E-state index contributed by atoms with van der Waals surface area (Å²) < 4.78 is 16.5. The lowest BCUT2D eigenvalue weighted by atomic mass is 9.80. The van der Waals surface area contributed by atoms with Crippen LogP contribution < -0.4 is 0 Å². The third-order valence-corrected chi connectivity index (χ3v) is 7.28. The summed E-state index contributed by atoms with van der Waals surface area (Å²) >= 11 is 3.63. The summed E-state index contributed by atoms with van der Waals surface area (Å²) in [4.78, 5) is 26.4. The number of fused-ring (bicyclic) bond motifs is 3. The minimum Gasteiger partial charge on any atom is -0.495 e. The number of rotatable bonds is 2. The lowest BCUT2D eigenvalue weighted by Crippen LogP contribution is -2.45. The first-order valence-electron chi connectivity index (χ1n) is 9.01. The van der Waals surface area contributed by atoms with Gasteiger partial charge in [-0.25, -0.2) is 4.79 Å². The van der Waals surface area contributed by atoms with Crippen LogP contribution in [0.25, 0.3) is 0 Å². The van der Waals surface area contributed by atoms with E-state index in [2.05, 4.69) is 22.9 Å². The largest absolute Gasteiger partial charge is 0.495 e. The predicted molar refractivity (Wildman–Crippen MR) is 92.7 cm³/mol. The Morgan fingerprint density at radius 1 is 1.32 bits per heavy atom. The number of methoxy groups -OCH3 is 1. The van der Waals surface area contributed by atoms with E-state index in [1.807, 2.05) is 4.90 Å². The van der Waals surface area contributed by atoms with Crippen LogP contribution >= 0.6 is 15.9 Å². The van der Waals surface area contributed by atoms with E-state index in [0.717, 1.165) is 25.8 Å². The molecule has 3 fully saturated rings. The van der Waals surface area contributed by atoms with Gasteiger partial charge in [-0.1, -0.05) is 6.92 Å². The molecule has 4 aliphatic rings. The highest BCUT2D eigenvalue weighted by Gasteiger charge is 2.61. The first kappa shape index (κ1) is 17.3. The van der Waals surface area contributed by atoms with Crippen molar-refractivity contribution in [1.29, 1.82) is 0 Å². The molecule has 4 heterocycles. The van der Waals surface area contributed by atoms with Crippen molar-refractivity contribution in [1.82, 2.24) is 4.90 Å². The number of carbonyl (C=O) groups excluding carboxylic acids is 2. The van der Waals surface area contributed by atoms with Crippen LogP contribution in [0.1, 0.15) is 39.5 Å². The summed E-state index contributed by atoms with van der Waals surface area (Å²) in [6.07, 6.45) is 3.13. The van der Waals surface area contributed by atoms with Crippen molar-refractivity contribution >= 4 is 27.8 Å². The SMILES string of the molecule is COC1=C(C)C(=O)OC1(Br)C1O[C@@H]2CCCN3C(=O)CC[C@H]3[C@H]2[C@@H]1C. The van der Waals surface area contributed by atoms with Gasteiger partial charge in [0.2, 0.25) is 10.4 Å². The van der Waals surface area contributed by atoms with Gasteiger partial charge in [0.15, 0.2) is 5.76 Å². The Labute approximate surface area is 156 Å². The fourth-order valence-corrected chi connectivity index (χ4v) is 6.35. The molecule has 0 N–H and O–H groups in total. The van der Waals surface area contributed by atoms with Gasteiger partial charge in [0, 0.05) is 24.9 Å². The molecule has 0 saturated carbocycles. The highest BCUT2D eigenvalue weighted by Crippen LogP contribution is 2.53. The Kier molecular flexibility index (Phi) is 4.15. The molecule has 4 aliphatic heterocycles. The fourth-order valence-electron chi connectivity index (χ4n) is 5.22. The summed E-state index contributed by atoms with van der Waals surface area (Å²) in [5.41, 5.74) is 0.472. The lowest BCUT2D eigenvalue weighted by molar-refractivity contribution is -0.151. The van der Waals surface area contributed by atoms with Crippen LogP contribution in [0.2, 0.25) is 0 Å². The number of carbonyl (C=O) groups is 2. The molecule has 0 radical (unpaired) electrons. The molecule has 3 saturated heterocycles. The number of amides is 1. The molecular weight excluding hydrogens is 390 g/mol. The van der Waals surface area contributed by atoms with Gasteiger partial charge in [0.05, 0.1) is 18.8 Å². The molecule has 7 heteroatoms. The second kappa shape index (κ2) is 5.98. The molecule has 0 aromatic heterocycles. The molecule has 4 rings (SSSR count). The maximum atomic E-state index is 12.2. The summed E-state index contributed by atoms with van der Waals surface area (Å²) in [5.74, 6) is 0.755. The molecule has 0 bridgehead atoms. The molecule has 25 heavy (non-hydrogen) atoms. The van der Waals surface area contributed by atoms with E-state index < -0.39 is 4.51 Å². The molecule has 6 atom stereocenters. The molecule has 0 aromatic rings. The molecule has 1 amide bonds. The third kappa shape index (κ3) is 2.38. The second-order valence-corrected chi connectivity index (χ2v) is 8.74. The van der Waals surface area contributed by atoms with Gasteiger partial charge in [-0.05, 0) is 48.0 Å². The van der Waals surface area contributed by atoms with E-state index >= 15 is 0 Å². The van der Waals surface area contributed by atoms with Crippen molar-refractivity contribution < 1.29 is 23.8 Å². The average molecular weight is 414 g/mol. The zero-order valence-electron chi connectivity index (χ0n) is 14.8. The van der Waals surface area contributed by atoms with Crippen LogP contribution in [-0.4, -0.2) is 53.2 Å². The highest BCUT2D eigenvalue weighted by atomic mass is 79.9. The van der Waals surface area contributed by atoms with Crippen molar-refractivity contribution in [3.05, 3.63) is 11.3 Å². The van der Waals surface area contributed by atoms with Gasteiger partial charge < -0.3 is 19.1 Å². The second-order valence-electron chi connectivity index (χ2n) is 7.56. The van der Waals surface area contributed by atoms with Crippen molar-refractivity contribution in [3.63, 3.8) is 0 Å². The van der Waals surface area contributed by atoms with Crippen molar-refractivity contribution in [3.8, 4) is 0 Å². The number of nitrogens with zero attached hydrogens (tertiary/aromatic N) is 1. The fraction of sp³-hybridized carbons (Fsp3) is 0.778. The first-order chi connectivity index (χ1) is 11.9. The normalized spacial score (nSPS) is 43.8. The van der Waals surface area contributed by atoms with E-state index in [1.165, 1.54) is 0 Å². The molecule has 2 unspecified atom stereocenters. The van der Waals surface area contributed by atoms with E-state index in [4.69, 9.17) is 14.2 Å². The number of hydrogen-bond donors (Lipinski definition) is 0. The average Bonchev–Trinajstić information content (AvgIpc) is 3.10. The van der Waals surface area contributed by atoms with Crippen molar-refractivity contribution in [2.75, 3.05) is 13.7 Å². The monoisotopic (exact) mass is 413 g/mol. The number of alkyl halides is 1. The minimum atomic E-state index is -1.08. The Bertz CT molecular complexity index is 649. The first-order valence-corrected chi connectivity index (χ1v) is 9.80. The number of halogens is 1. The number of cyclic esters (lactones) is 1. The molecule has 0 aliphatic carbocycles. The van der Waals surface area contributed by atoms with E-state index in [-0.39, 0.29) is 42.0 Å². The number of ether oxygens (including phenoxy) is 3. The summed E-state index contributed by atoms with van der Waals surface area (Å²) in [7, 11) is 1.55. The van der Waals surface area contributed by atoms with E-state index in [0.29, 0.717) is 17.8 Å². The molecule has 0 aromatic carbocycles. The zero-order valence-corrected chi connectivity index (χ0v) is 16.4. The quantitative estimate of drug-likeness (QED) is 0.513. The van der Waals surface area contributed by atoms with Gasteiger partial charge in [0.1, 0.15) is 6.10 Å². The summed E-state index contributed by atoms with van der Waals surface area (Å²) in [6, 6.07) is 0.226. The van der Waals surface area contributed by atoms with Gasteiger partial charge >= 0.3 is 5.97 Å². The van der Waals surface area contributed by atoms with Crippen LogP contribution in [0.15, 0.2) is 11.3 Å². The Balaban J connectivity index is 1.66. The minimum absolute atomic E-state index is 0.0769. The van der Waals surface area contributed by atoms with Crippen LogP contribution in [0, 0.1) is 11.8 Å².